The summed E-state index contributed by atoms with van der Waals surface area (Å²) < 4.78 is 6.11. The molecule has 0 aromatic heterocycles. The molecule has 2 heteroatoms. The summed E-state index contributed by atoms with van der Waals surface area (Å²) in [5.74, 6) is -0.983. The van der Waals surface area contributed by atoms with Crippen molar-refractivity contribution in [3.63, 3.8) is 0 Å². The Kier molecular flexibility index (Phi) is 21.4. The van der Waals surface area contributed by atoms with Gasteiger partial charge in [0, 0.05) is 18.9 Å². The average molecular weight is 503 g/mol. The van der Waals surface area contributed by atoms with Crippen molar-refractivity contribution >= 4 is 0 Å². The smallest absolute Gasteiger partial charge is 0.172 e. The number of aliphatic hydroxyl groups is 1. The van der Waals surface area contributed by atoms with Gasteiger partial charge in [-0.3, -0.25) is 0 Å². The number of ether oxygens (including phenoxy) is 1. The Labute approximate surface area is 226 Å². The van der Waals surface area contributed by atoms with E-state index in [-0.39, 0.29) is 5.92 Å². The third-order valence-electron chi connectivity index (χ3n) is 7.88. The van der Waals surface area contributed by atoms with Gasteiger partial charge in [-0.25, -0.2) is 0 Å². The summed E-state index contributed by atoms with van der Waals surface area (Å²) in [4.78, 5) is 0. The summed E-state index contributed by atoms with van der Waals surface area (Å²) in [6, 6.07) is 10.6. The van der Waals surface area contributed by atoms with E-state index in [0.717, 1.165) is 25.7 Å². The molecule has 0 aliphatic heterocycles. The van der Waals surface area contributed by atoms with Gasteiger partial charge >= 0.3 is 0 Å². The first kappa shape index (κ1) is 33.2. The molecule has 0 aliphatic rings. The largest absolute Gasteiger partial charge is 0.365 e. The highest BCUT2D eigenvalue weighted by atomic mass is 16.6. The molecule has 1 rings (SSSR count). The molecule has 0 bridgehead atoms. The van der Waals surface area contributed by atoms with Crippen molar-refractivity contribution in [3.8, 4) is 0 Å². The van der Waals surface area contributed by atoms with Gasteiger partial charge in [-0.15, -0.1) is 0 Å². The van der Waals surface area contributed by atoms with Crippen molar-refractivity contribution in [2.24, 2.45) is 0 Å². The number of unbranched alkanes of at least 4 members (excludes halogenated alkanes) is 18. The van der Waals surface area contributed by atoms with E-state index in [0.29, 0.717) is 6.61 Å². The van der Waals surface area contributed by atoms with Crippen LogP contribution in [0.3, 0.4) is 0 Å². The maximum Gasteiger partial charge on any atom is 0.172 e. The first-order valence-electron chi connectivity index (χ1n) is 16.1. The summed E-state index contributed by atoms with van der Waals surface area (Å²) in [5, 5.41) is 11.7. The third kappa shape index (κ3) is 16.1. The van der Waals surface area contributed by atoms with Crippen LogP contribution in [0.1, 0.15) is 174 Å². The van der Waals surface area contributed by atoms with Crippen molar-refractivity contribution in [1.29, 1.82) is 0 Å². The van der Waals surface area contributed by atoms with Crippen LogP contribution in [0.25, 0.3) is 0 Å². The summed E-state index contributed by atoms with van der Waals surface area (Å²) in [7, 11) is 0. The highest BCUT2D eigenvalue weighted by Crippen LogP contribution is 2.38. The average Bonchev–Trinajstić information content (AvgIpc) is 2.89. The topological polar surface area (TPSA) is 29.5 Å². The van der Waals surface area contributed by atoms with E-state index in [1.165, 1.54) is 121 Å². The Morgan fingerprint density at radius 1 is 0.583 bits per heavy atom. The lowest BCUT2D eigenvalue weighted by Gasteiger charge is -2.36. The van der Waals surface area contributed by atoms with Crippen molar-refractivity contribution < 1.29 is 9.84 Å². The molecule has 0 radical (unpaired) electrons. The molecule has 0 saturated heterocycles. The second-order valence-electron chi connectivity index (χ2n) is 11.1. The molecule has 0 spiro atoms. The lowest BCUT2D eigenvalue weighted by molar-refractivity contribution is -0.222. The minimum absolute atomic E-state index is 0.0618. The molecular formula is C34H62O2. The van der Waals surface area contributed by atoms with Gasteiger partial charge in [0.25, 0.3) is 0 Å². The van der Waals surface area contributed by atoms with Crippen LogP contribution in [-0.2, 0) is 4.74 Å². The van der Waals surface area contributed by atoms with Gasteiger partial charge in [-0.2, -0.15) is 0 Å². The molecule has 0 aliphatic carbocycles. The van der Waals surface area contributed by atoms with Crippen LogP contribution in [0.2, 0.25) is 0 Å². The van der Waals surface area contributed by atoms with Crippen LogP contribution in [0.4, 0.5) is 0 Å². The normalized spacial score (nSPS) is 14.1. The summed E-state index contributed by atoms with van der Waals surface area (Å²) in [5.41, 5.74) is 1.23. The molecule has 2 atom stereocenters. The van der Waals surface area contributed by atoms with E-state index in [1.54, 1.807) is 0 Å². The summed E-state index contributed by atoms with van der Waals surface area (Å²) in [6.45, 7) is 7.14. The van der Waals surface area contributed by atoms with Crippen molar-refractivity contribution in [2.75, 3.05) is 6.61 Å². The molecule has 0 fully saturated rings. The molecule has 210 valence electrons. The Bertz CT molecular complexity index is 572. The van der Waals surface area contributed by atoms with Crippen molar-refractivity contribution in [1.82, 2.24) is 0 Å². The number of benzene rings is 1. The Morgan fingerprint density at radius 3 is 1.44 bits per heavy atom. The van der Waals surface area contributed by atoms with Gasteiger partial charge in [0.05, 0.1) is 0 Å². The van der Waals surface area contributed by atoms with E-state index in [1.807, 2.05) is 6.92 Å². The molecule has 0 amide bonds. The molecule has 1 N–H and O–H groups in total. The highest BCUT2D eigenvalue weighted by molar-refractivity contribution is 5.22. The third-order valence-corrected chi connectivity index (χ3v) is 7.88. The zero-order chi connectivity index (χ0) is 26.2. The number of hydrogen-bond acceptors (Lipinski definition) is 2. The first-order valence-corrected chi connectivity index (χ1v) is 16.1. The second kappa shape index (κ2) is 23.3. The molecule has 1 aromatic rings. The van der Waals surface area contributed by atoms with E-state index < -0.39 is 5.79 Å². The maximum atomic E-state index is 11.7. The van der Waals surface area contributed by atoms with E-state index in [2.05, 4.69) is 44.2 Å². The molecule has 0 heterocycles. The van der Waals surface area contributed by atoms with E-state index >= 15 is 0 Å². The molecule has 1 aromatic carbocycles. The summed E-state index contributed by atoms with van der Waals surface area (Å²) >= 11 is 0. The quantitative estimate of drug-likeness (QED) is 0.101. The number of rotatable bonds is 26. The zero-order valence-electron chi connectivity index (χ0n) is 24.6. The fourth-order valence-corrected chi connectivity index (χ4v) is 5.64. The SMILES string of the molecule is CCCCCCCCCCCCCCCCC(O)(OCC)C(CCCCCCCC)c1ccccc1. The minimum atomic E-state index is -1.04. The van der Waals surface area contributed by atoms with Gasteiger partial charge in [0.2, 0.25) is 0 Å². The molecule has 0 saturated carbocycles. The lowest BCUT2D eigenvalue weighted by atomic mass is 9.83. The Morgan fingerprint density at radius 2 is 1.00 bits per heavy atom. The van der Waals surface area contributed by atoms with E-state index in [4.69, 9.17) is 4.74 Å². The number of hydrogen-bond donors (Lipinski definition) is 1. The molecule has 2 nitrogen and oxygen atoms in total. The van der Waals surface area contributed by atoms with Crippen LogP contribution in [0.5, 0.6) is 0 Å². The van der Waals surface area contributed by atoms with Gasteiger partial charge < -0.3 is 9.84 Å². The predicted molar refractivity (Wildman–Crippen MR) is 159 cm³/mol. The zero-order valence-corrected chi connectivity index (χ0v) is 24.6. The van der Waals surface area contributed by atoms with Gasteiger partial charge in [0.15, 0.2) is 5.79 Å². The molecular weight excluding hydrogens is 440 g/mol. The van der Waals surface area contributed by atoms with E-state index in [9.17, 15) is 5.11 Å². The monoisotopic (exact) mass is 502 g/mol. The van der Waals surface area contributed by atoms with Gasteiger partial charge in [-0.1, -0.05) is 166 Å². The lowest BCUT2D eigenvalue weighted by Crippen LogP contribution is -2.39. The van der Waals surface area contributed by atoms with Crippen molar-refractivity contribution in [2.45, 2.75) is 174 Å². The molecule has 36 heavy (non-hydrogen) atoms. The van der Waals surface area contributed by atoms with Crippen LogP contribution in [0, 0.1) is 0 Å². The predicted octanol–water partition coefficient (Wildman–Crippen LogP) is 11.1. The molecule has 2 unspecified atom stereocenters. The van der Waals surface area contributed by atoms with Gasteiger partial charge in [0.1, 0.15) is 0 Å². The first-order chi connectivity index (χ1) is 17.7. The standard InChI is InChI=1S/C34H62O2/c1-4-7-9-11-13-14-15-16-17-18-19-20-22-27-31-34(35,36-6-3)33(32-28-24-23-25-29-32)30-26-21-12-10-8-5-2/h23-25,28-29,33,35H,4-22,26-27,30-31H2,1-3H3. The minimum Gasteiger partial charge on any atom is -0.365 e. The van der Waals surface area contributed by atoms with Crippen LogP contribution in [-0.4, -0.2) is 17.5 Å². The summed E-state index contributed by atoms with van der Waals surface area (Å²) in [6.07, 6.45) is 28.4. The highest BCUT2D eigenvalue weighted by Gasteiger charge is 2.37. The fraction of sp³-hybridized carbons (Fsp3) is 0.824. The van der Waals surface area contributed by atoms with Crippen LogP contribution < -0.4 is 0 Å². The van der Waals surface area contributed by atoms with Crippen LogP contribution >= 0.6 is 0 Å². The van der Waals surface area contributed by atoms with Crippen molar-refractivity contribution in [3.05, 3.63) is 35.9 Å². The Balaban J connectivity index is 2.34. The Hall–Kier alpha value is -0.860. The fourth-order valence-electron chi connectivity index (χ4n) is 5.64. The maximum absolute atomic E-state index is 11.7. The van der Waals surface area contributed by atoms with Crippen LogP contribution in [0.15, 0.2) is 30.3 Å². The second-order valence-corrected chi connectivity index (χ2v) is 11.1. The van der Waals surface area contributed by atoms with Gasteiger partial charge in [-0.05, 0) is 25.3 Å².